The van der Waals surface area contributed by atoms with Gasteiger partial charge in [0.15, 0.2) is 0 Å². The molecule has 0 aromatic rings. The van der Waals surface area contributed by atoms with Crippen molar-refractivity contribution in [3.05, 3.63) is 0 Å². The second kappa shape index (κ2) is 2.20. The summed E-state index contributed by atoms with van der Waals surface area (Å²) in [6.45, 7) is 6.95. The topological polar surface area (TPSA) is 18.5 Å². The standard InChI is InChI=1S/C9H16O2/c1-8(2)3-9(4-8)5-10-7-11-6-9/h3-7H2,1-2H3. The van der Waals surface area contributed by atoms with Gasteiger partial charge in [-0.3, -0.25) is 0 Å². The lowest BCUT2D eigenvalue weighted by Crippen LogP contribution is -2.51. The van der Waals surface area contributed by atoms with Gasteiger partial charge in [-0.25, -0.2) is 0 Å². The Hall–Kier alpha value is -0.0800. The van der Waals surface area contributed by atoms with E-state index in [1.807, 2.05) is 0 Å². The fourth-order valence-corrected chi connectivity index (χ4v) is 2.80. The lowest BCUT2D eigenvalue weighted by Gasteiger charge is -2.54. The molecule has 1 saturated carbocycles. The molecule has 1 aliphatic heterocycles. The Morgan fingerprint density at radius 2 is 1.55 bits per heavy atom. The van der Waals surface area contributed by atoms with Crippen LogP contribution in [0, 0.1) is 10.8 Å². The van der Waals surface area contributed by atoms with E-state index in [0.29, 0.717) is 17.6 Å². The molecule has 2 heteroatoms. The molecule has 2 fully saturated rings. The van der Waals surface area contributed by atoms with Crippen LogP contribution in [0.4, 0.5) is 0 Å². The molecule has 2 rings (SSSR count). The van der Waals surface area contributed by atoms with Crippen molar-refractivity contribution in [2.75, 3.05) is 20.0 Å². The Morgan fingerprint density at radius 1 is 1.00 bits per heavy atom. The normalized spacial score (nSPS) is 33.3. The molecule has 0 aromatic heterocycles. The first kappa shape index (κ1) is 7.56. The first-order chi connectivity index (χ1) is 5.12. The van der Waals surface area contributed by atoms with Crippen LogP contribution in [-0.2, 0) is 9.47 Å². The molecule has 0 atom stereocenters. The molecule has 1 spiro atoms. The first-order valence-corrected chi connectivity index (χ1v) is 4.28. The Morgan fingerprint density at radius 3 is 2.00 bits per heavy atom. The minimum atomic E-state index is 0.391. The third kappa shape index (κ3) is 1.30. The maximum atomic E-state index is 5.30. The third-order valence-electron chi connectivity index (χ3n) is 2.69. The summed E-state index contributed by atoms with van der Waals surface area (Å²) in [5, 5.41) is 0. The summed E-state index contributed by atoms with van der Waals surface area (Å²) in [5.74, 6) is 0. The minimum Gasteiger partial charge on any atom is -0.355 e. The molecule has 0 unspecified atom stereocenters. The molecule has 0 aromatic carbocycles. The minimum absolute atomic E-state index is 0.391. The highest BCUT2D eigenvalue weighted by Gasteiger charge is 2.50. The Labute approximate surface area is 67.9 Å². The van der Waals surface area contributed by atoms with Crippen molar-refractivity contribution in [3.63, 3.8) is 0 Å². The zero-order valence-corrected chi connectivity index (χ0v) is 7.35. The highest BCUT2D eigenvalue weighted by molar-refractivity contribution is 4.99. The van der Waals surface area contributed by atoms with E-state index in [4.69, 9.17) is 9.47 Å². The number of hydrogen-bond acceptors (Lipinski definition) is 2. The van der Waals surface area contributed by atoms with E-state index in [9.17, 15) is 0 Å². The molecule has 0 radical (unpaired) electrons. The van der Waals surface area contributed by atoms with Crippen molar-refractivity contribution in [3.8, 4) is 0 Å². The Kier molecular flexibility index (Phi) is 1.52. The Balaban J connectivity index is 1.94. The third-order valence-corrected chi connectivity index (χ3v) is 2.69. The van der Waals surface area contributed by atoms with Crippen molar-refractivity contribution < 1.29 is 9.47 Å². The average molecular weight is 156 g/mol. The SMILES string of the molecule is CC1(C)CC2(COCOC2)C1. The molecule has 64 valence electrons. The summed E-state index contributed by atoms with van der Waals surface area (Å²) >= 11 is 0. The largest absolute Gasteiger partial charge is 0.355 e. The van der Waals surface area contributed by atoms with Gasteiger partial charge in [0.25, 0.3) is 0 Å². The van der Waals surface area contributed by atoms with Gasteiger partial charge in [-0.15, -0.1) is 0 Å². The van der Waals surface area contributed by atoms with Gasteiger partial charge >= 0.3 is 0 Å². The van der Waals surface area contributed by atoms with E-state index < -0.39 is 0 Å². The van der Waals surface area contributed by atoms with Crippen molar-refractivity contribution in [1.82, 2.24) is 0 Å². The zero-order chi connectivity index (χ0) is 7.95. The van der Waals surface area contributed by atoms with E-state index in [-0.39, 0.29) is 0 Å². The average Bonchev–Trinajstić information content (AvgIpc) is 1.85. The van der Waals surface area contributed by atoms with Gasteiger partial charge in [-0.1, -0.05) is 13.8 Å². The van der Waals surface area contributed by atoms with Gasteiger partial charge in [0.05, 0.1) is 13.2 Å². The van der Waals surface area contributed by atoms with Crippen LogP contribution in [-0.4, -0.2) is 20.0 Å². The molecule has 0 N–H and O–H groups in total. The van der Waals surface area contributed by atoms with Crippen LogP contribution in [0.15, 0.2) is 0 Å². The van der Waals surface area contributed by atoms with E-state index in [1.54, 1.807) is 0 Å². The van der Waals surface area contributed by atoms with Crippen LogP contribution in [0.5, 0.6) is 0 Å². The van der Waals surface area contributed by atoms with Crippen molar-refractivity contribution in [2.24, 2.45) is 10.8 Å². The zero-order valence-electron chi connectivity index (χ0n) is 7.35. The van der Waals surface area contributed by atoms with Crippen LogP contribution >= 0.6 is 0 Å². The highest BCUT2D eigenvalue weighted by Crippen LogP contribution is 2.55. The summed E-state index contributed by atoms with van der Waals surface area (Å²) in [6.07, 6.45) is 2.53. The van der Waals surface area contributed by atoms with Crippen LogP contribution in [0.2, 0.25) is 0 Å². The molecule has 1 heterocycles. The number of ether oxygens (including phenoxy) is 2. The summed E-state index contributed by atoms with van der Waals surface area (Å²) in [6, 6.07) is 0. The van der Waals surface area contributed by atoms with Crippen LogP contribution < -0.4 is 0 Å². The molecule has 1 saturated heterocycles. The molecule has 2 aliphatic rings. The summed E-state index contributed by atoms with van der Waals surface area (Å²) in [4.78, 5) is 0. The predicted molar refractivity (Wildman–Crippen MR) is 42.2 cm³/mol. The van der Waals surface area contributed by atoms with E-state index in [1.165, 1.54) is 12.8 Å². The van der Waals surface area contributed by atoms with Crippen LogP contribution in [0.3, 0.4) is 0 Å². The van der Waals surface area contributed by atoms with Gasteiger partial charge in [-0.05, 0) is 18.3 Å². The fourth-order valence-electron chi connectivity index (χ4n) is 2.80. The number of hydrogen-bond donors (Lipinski definition) is 0. The smallest absolute Gasteiger partial charge is 0.146 e. The molecule has 0 amide bonds. The van der Waals surface area contributed by atoms with Crippen molar-refractivity contribution in [2.45, 2.75) is 26.7 Å². The summed E-state index contributed by atoms with van der Waals surface area (Å²) in [5.41, 5.74) is 0.922. The van der Waals surface area contributed by atoms with E-state index in [2.05, 4.69) is 13.8 Å². The summed E-state index contributed by atoms with van der Waals surface area (Å²) in [7, 11) is 0. The number of rotatable bonds is 0. The molecule has 2 nitrogen and oxygen atoms in total. The van der Waals surface area contributed by atoms with E-state index >= 15 is 0 Å². The van der Waals surface area contributed by atoms with Crippen LogP contribution in [0.1, 0.15) is 26.7 Å². The molecule has 0 bridgehead atoms. The van der Waals surface area contributed by atoms with Gasteiger partial charge < -0.3 is 9.47 Å². The van der Waals surface area contributed by atoms with Gasteiger partial charge in [0.1, 0.15) is 6.79 Å². The maximum Gasteiger partial charge on any atom is 0.146 e. The summed E-state index contributed by atoms with van der Waals surface area (Å²) < 4.78 is 10.6. The maximum absolute atomic E-state index is 5.30. The monoisotopic (exact) mass is 156 g/mol. The van der Waals surface area contributed by atoms with Crippen molar-refractivity contribution >= 4 is 0 Å². The van der Waals surface area contributed by atoms with Crippen LogP contribution in [0.25, 0.3) is 0 Å². The predicted octanol–water partition coefficient (Wildman–Crippen LogP) is 1.80. The van der Waals surface area contributed by atoms with Gasteiger partial charge in [0, 0.05) is 5.41 Å². The molecular weight excluding hydrogens is 140 g/mol. The second-order valence-electron chi connectivity index (χ2n) is 4.83. The lowest BCUT2D eigenvalue weighted by molar-refractivity contribution is -0.215. The molecule has 11 heavy (non-hydrogen) atoms. The molecule has 1 aliphatic carbocycles. The van der Waals surface area contributed by atoms with Gasteiger partial charge in [-0.2, -0.15) is 0 Å². The van der Waals surface area contributed by atoms with E-state index in [0.717, 1.165) is 13.2 Å². The highest BCUT2D eigenvalue weighted by atomic mass is 16.7. The quantitative estimate of drug-likeness (QED) is 0.532. The fraction of sp³-hybridized carbons (Fsp3) is 1.00. The first-order valence-electron chi connectivity index (χ1n) is 4.28. The van der Waals surface area contributed by atoms with Crippen molar-refractivity contribution in [1.29, 1.82) is 0 Å². The second-order valence-corrected chi connectivity index (χ2v) is 4.83. The lowest BCUT2D eigenvalue weighted by atomic mass is 9.55. The molecular formula is C9H16O2. The Bertz CT molecular complexity index is 147. The van der Waals surface area contributed by atoms with Gasteiger partial charge in [0.2, 0.25) is 0 Å².